The molecule has 0 bridgehead atoms. The van der Waals surface area contributed by atoms with Crippen molar-refractivity contribution in [3.05, 3.63) is 44.7 Å². The van der Waals surface area contributed by atoms with Crippen LogP contribution in [-0.4, -0.2) is 20.9 Å². The summed E-state index contributed by atoms with van der Waals surface area (Å²) >= 11 is 13.2. The molecule has 4 nitrogen and oxygen atoms in total. The van der Waals surface area contributed by atoms with Crippen molar-refractivity contribution in [2.75, 3.05) is 6.26 Å². The fourth-order valence-corrected chi connectivity index (χ4v) is 2.41. The molecule has 0 atom stereocenters. The van der Waals surface area contributed by atoms with Gasteiger partial charge in [0.25, 0.3) is 5.56 Å². The summed E-state index contributed by atoms with van der Waals surface area (Å²) in [6, 6.07) is 6.00. The Morgan fingerprint density at radius 3 is 2.78 bits per heavy atom. The molecular formula is C11H8Cl2N2O2S. The van der Waals surface area contributed by atoms with E-state index in [2.05, 4.69) is 4.98 Å². The average Bonchev–Trinajstić information content (AvgIpc) is 2.32. The van der Waals surface area contributed by atoms with Crippen LogP contribution in [0.5, 0.6) is 5.88 Å². The van der Waals surface area contributed by atoms with Crippen molar-refractivity contribution in [2.24, 2.45) is 0 Å². The summed E-state index contributed by atoms with van der Waals surface area (Å²) in [7, 11) is 0. The number of halogens is 2. The molecule has 0 aliphatic heterocycles. The van der Waals surface area contributed by atoms with Gasteiger partial charge in [-0.3, -0.25) is 9.36 Å². The van der Waals surface area contributed by atoms with Gasteiger partial charge in [0.1, 0.15) is 0 Å². The number of rotatable bonds is 2. The van der Waals surface area contributed by atoms with Crippen LogP contribution in [0.4, 0.5) is 0 Å². The Morgan fingerprint density at radius 1 is 1.39 bits per heavy atom. The third-order valence-electron chi connectivity index (χ3n) is 2.23. The highest BCUT2D eigenvalue weighted by Gasteiger charge is 2.13. The summed E-state index contributed by atoms with van der Waals surface area (Å²) in [5.74, 6) is -0.321. The molecule has 0 fully saturated rings. The zero-order chi connectivity index (χ0) is 13.3. The minimum Gasteiger partial charge on any atom is -0.493 e. The van der Waals surface area contributed by atoms with E-state index < -0.39 is 5.56 Å². The van der Waals surface area contributed by atoms with Crippen molar-refractivity contribution >= 4 is 35.0 Å². The Bertz CT molecular complexity index is 658. The molecule has 0 saturated heterocycles. The molecule has 18 heavy (non-hydrogen) atoms. The number of hydrogen-bond donors (Lipinski definition) is 1. The van der Waals surface area contributed by atoms with E-state index in [0.29, 0.717) is 15.9 Å². The first-order valence-electron chi connectivity index (χ1n) is 4.86. The highest BCUT2D eigenvalue weighted by Crippen LogP contribution is 2.29. The van der Waals surface area contributed by atoms with Gasteiger partial charge < -0.3 is 5.11 Å². The molecule has 0 spiro atoms. The second kappa shape index (κ2) is 5.22. The van der Waals surface area contributed by atoms with Crippen molar-refractivity contribution < 1.29 is 5.11 Å². The third kappa shape index (κ3) is 2.34. The SMILES string of the molecule is CSc1nc(O)cc(=O)n1-c1cccc(Cl)c1Cl. The minimum absolute atomic E-state index is 0.268. The quantitative estimate of drug-likeness (QED) is 0.684. The topological polar surface area (TPSA) is 55.1 Å². The van der Waals surface area contributed by atoms with Gasteiger partial charge in [-0.25, -0.2) is 0 Å². The van der Waals surface area contributed by atoms with Crippen LogP contribution in [0.3, 0.4) is 0 Å². The molecule has 0 aliphatic rings. The molecule has 2 rings (SSSR count). The molecule has 2 aromatic rings. The number of nitrogens with zero attached hydrogens (tertiary/aromatic N) is 2. The Balaban J connectivity index is 2.79. The van der Waals surface area contributed by atoms with Crippen LogP contribution in [0, 0.1) is 0 Å². The van der Waals surface area contributed by atoms with Crippen molar-refractivity contribution in [3.8, 4) is 11.6 Å². The lowest BCUT2D eigenvalue weighted by atomic mass is 10.3. The van der Waals surface area contributed by atoms with Crippen LogP contribution in [0.15, 0.2) is 34.2 Å². The highest BCUT2D eigenvalue weighted by atomic mass is 35.5. The Morgan fingerprint density at radius 2 is 2.11 bits per heavy atom. The maximum atomic E-state index is 11.9. The smallest absolute Gasteiger partial charge is 0.262 e. The Labute approximate surface area is 117 Å². The molecule has 0 unspecified atom stereocenters. The fraction of sp³-hybridized carbons (Fsp3) is 0.0909. The Hall–Kier alpha value is -1.17. The molecule has 0 aliphatic carbocycles. The zero-order valence-corrected chi connectivity index (χ0v) is 11.6. The number of hydrogen-bond acceptors (Lipinski definition) is 4. The van der Waals surface area contributed by atoms with Gasteiger partial charge in [0.2, 0.25) is 5.88 Å². The van der Waals surface area contributed by atoms with Gasteiger partial charge >= 0.3 is 0 Å². The van der Waals surface area contributed by atoms with Crippen molar-refractivity contribution in [2.45, 2.75) is 5.16 Å². The van der Waals surface area contributed by atoms with Crippen molar-refractivity contribution in [3.63, 3.8) is 0 Å². The number of thioether (sulfide) groups is 1. The van der Waals surface area contributed by atoms with Gasteiger partial charge in [0.05, 0.1) is 21.8 Å². The summed E-state index contributed by atoms with van der Waals surface area (Å²) in [6.45, 7) is 0. The molecule has 1 N–H and O–H groups in total. The van der Waals surface area contributed by atoms with E-state index in [9.17, 15) is 9.90 Å². The number of aromatic hydroxyl groups is 1. The monoisotopic (exact) mass is 302 g/mol. The predicted molar refractivity (Wildman–Crippen MR) is 73.3 cm³/mol. The first-order valence-corrected chi connectivity index (χ1v) is 6.84. The Kier molecular flexibility index (Phi) is 3.85. The van der Waals surface area contributed by atoms with Crippen molar-refractivity contribution in [1.82, 2.24) is 9.55 Å². The van der Waals surface area contributed by atoms with Gasteiger partial charge in [0, 0.05) is 0 Å². The normalized spacial score (nSPS) is 10.6. The standard InChI is InChI=1S/C11H8Cl2N2O2S/c1-18-11-14-8(16)5-9(17)15(11)7-4-2-3-6(12)10(7)13/h2-5,16H,1H3. The van der Waals surface area contributed by atoms with E-state index in [1.165, 1.54) is 16.3 Å². The lowest BCUT2D eigenvalue weighted by Crippen LogP contribution is -2.20. The maximum absolute atomic E-state index is 11.9. The summed E-state index contributed by atoms with van der Waals surface area (Å²) in [6.07, 6.45) is 1.75. The molecule has 1 aromatic heterocycles. The van der Waals surface area contributed by atoms with E-state index >= 15 is 0 Å². The average molecular weight is 303 g/mol. The van der Waals surface area contributed by atoms with Gasteiger partial charge in [0.15, 0.2) is 5.16 Å². The molecule has 0 saturated carbocycles. The van der Waals surface area contributed by atoms with E-state index in [1.54, 1.807) is 24.5 Å². The van der Waals surface area contributed by atoms with Gasteiger partial charge in [-0.1, -0.05) is 41.0 Å². The maximum Gasteiger partial charge on any atom is 0.262 e. The molecular weight excluding hydrogens is 295 g/mol. The zero-order valence-electron chi connectivity index (χ0n) is 9.22. The first kappa shape index (κ1) is 13.3. The molecule has 7 heteroatoms. The molecule has 1 heterocycles. The summed E-state index contributed by atoms with van der Waals surface area (Å²) in [5.41, 5.74) is 0.0158. The second-order valence-corrected chi connectivity index (χ2v) is 4.91. The lowest BCUT2D eigenvalue weighted by molar-refractivity contribution is 0.441. The van der Waals surface area contributed by atoms with Gasteiger partial charge in [-0.15, -0.1) is 0 Å². The largest absolute Gasteiger partial charge is 0.493 e. The van der Waals surface area contributed by atoms with Gasteiger partial charge in [-0.2, -0.15) is 4.98 Å². The van der Waals surface area contributed by atoms with Crippen LogP contribution in [0.25, 0.3) is 5.69 Å². The summed E-state index contributed by atoms with van der Waals surface area (Å²) < 4.78 is 1.30. The number of benzene rings is 1. The van der Waals surface area contributed by atoms with Crippen LogP contribution in [0.1, 0.15) is 0 Å². The lowest BCUT2D eigenvalue weighted by Gasteiger charge is -2.12. The first-order chi connectivity index (χ1) is 8.54. The summed E-state index contributed by atoms with van der Waals surface area (Å²) in [4.78, 5) is 15.8. The summed E-state index contributed by atoms with van der Waals surface area (Å²) in [5, 5.41) is 10.3. The molecule has 94 valence electrons. The van der Waals surface area contributed by atoms with E-state index in [0.717, 1.165) is 6.07 Å². The predicted octanol–water partition coefficient (Wildman–Crippen LogP) is 2.97. The van der Waals surface area contributed by atoms with Gasteiger partial charge in [-0.05, 0) is 18.4 Å². The fourth-order valence-electron chi connectivity index (χ4n) is 1.47. The van der Waals surface area contributed by atoms with Crippen molar-refractivity contribution in [1.29, 1.82) is 0 Å². The molecule has 0 radical (unpaired) electrons. The van der Waals surface area contributed by atoms with E-state index in [1.807, 2.05) is 0 Å². The van der Waals surface area contributed by atoms with E-state index in [-0.39, 0.29) is 10.9 Å². The third-order valence-corrected chi connectivity index (χ3v) is 3.68. The molecule has 1 aromatic carbocycles. The van der Waals surface area contributed by atoms with Crippen LogP contribution in [-0.2, 0) is 0 Å². The van der Waals surface area contributed by atoms with Crippen LogP contribution in [0.2, 0.25) is 10.0 Å². The molecule has 0 amide bonds. The minimum atomic E-state index is -0.420. The van der Waals surface area contributed by atoms with E-state index in [4.69, 9.17) is 23.2 Å². The highest BCUT2D eigenvalue weighted by molar-refractivity contribution is 7.98. The number of aromatic nitrogens is 2. The van der Waals surface area contributed by atoms with Crippen LogP contribution >= 0.6 is 35.0 Å². The van der Waals surface area contributed by atoms with Crippen LogP contribution < -0.4 is 5.56 Å². The second-order valence-electron chi connectivity index (χ2n) is 3.35.